The Balaban J connectivity index is 1.30. The first-order valence-corrected chi connectivity index (χ1v) is 21.4. The van der Waals surface area contributed by atoms with Gasteiger partial charge >= 0.3 is 10.1 Å². The molecule has 6 aliphatic rings. The average Bonchev–Trinajstić information content (AvgIpc) is 3.87. The lowest BCUT2D eigenvalue weighted by Crippen LogP contribution is -2.23. The molecule has 0 spiro atoms. The Morgan fingerprint density at radius 2 is 1.02 bits per heavy atom. The molecule has 2 aromatic carbocycles. The van der Waals surface area contributed by atoms with Gasteiger partial charge in [-0.1, -0.05) is 59.1 Å². The van der Waals surface area contributed by atoms with E-state index in [1.807, 2.05) is 27.7 Å². The third-order valence-electron chi connectivity index (χ3n) is 13.7. The van der Waals surface area contributed by atoms with Crippen LogP contribution in [0.1, 0.15) is 162 Å². The third kappa shape index (κ3) is 5.60. The van der Waals surface area contributed by atoms with Crippen molar-refractivity contribution < 1.29 is 25.6 Å². The summed E-state index contributed by atoms with van der Waals surface area (Å²) in [5, 5.41) is 0. The van der Waals surface area contributed by atoms with Gasteiger partial charge in [0, 0.05) is 0 Å². The highest BCUT2D eigenvalue weighted by atomic mass is 32.2. The summed E-state index contributed by atoms with van der Waals surface area (Å²) in [5.74, 6) is 4.48. The second-order valence-electron chi connectivity index (χ2n) is 17.1. The van der Waals surface area contributed by atoms with Crippen LogP contribution >= 0.6 is 0 Å². The SMILES string of the molecule is CC(C)c1cc(OS(=O)(=O)c2c(C3CC4CCC3C4)cc(C3CC4CCC3C4)cc2C2CC3CCC2C3)cc(C(C)C)c1S(=O)(=O)O. The van der Waals surface area contributed by atoms with E-state index in [1.54, 1.807) is 0 Å². The van der Waals surface area contributed by atoms with Crippen molar-refractivity contribution in [3.63, 3.8) is 0 Å². The molecule has 6 bridgehead atoms. The van der Waals surface area contributed by atoms with Gasteiger partial charge in [0.25, 0.3) is 10.1 Å². The van der Waals surface area contributed by atoms with Crippen LogP contribution < -0.4 is 4.18 Å². The zero-order valence-corrected chi connectivity index (χ0v) is 30.1. The van der Waals surface area contributed by atoms with E-state index in [0.717, 1.165) is 29.9 Å². The van der Waals surface area contributed by atoms with Crippen molar-refractivity contribution in [1.82, 2.24) is 0 Å². The Labute approximate surface area is 282 Å². The predicted octanol–water partition coefficient (Wildman–Crippen LogP) is 9.66. The zero-order chi connectivity index (χ0) is 33.0. The molecule has 0 saturated heterocycles. The molecule has 8 rings (SSSR count). The summed E-state index contributed by atoms with van der Waals surface area (Å²) in [6.45, 7) is 7.39. The van der Waals surface area contributed by atoms with Gasteiger partial charge in [-0.05, 0) is 163 Å². The van der Waals surface area contributed by atoms with E-state index in [4.69, 9.17) is 4.18 Å². The summed E-state index contributed by atoms with van der Waals surface area (Å²) < 4.78 is 71.6. The molecule has 256 valence electrons. The summed E-state index contributed by atoms with van der Waals surface area (Å²) in [6, 6.07) is 7.69. The molecule has 0 amide bonds. The van der Waals surface area contributed by atoms with Gasteiger partial charge in [-0.3, -0.25) is 4.55 Å². The Morgan fingerprint density at radius 1 is 0.596 bits per heavy atom. The fourth-order valence-electron chi connectivity index (χ4n) is 11.7. The maximum Gasteiger partial charge on any atom is 0.339 e. The number of fused-ring (bicyclic) bond motifs is 6. The fourth-order valence-corrected chi connectivity index (χ4v) is 14.3. The molecular formula is C39H52O6S2. The summed E-state index contributed by atoms with van der Waals surface area (Å²) >= 11 is 0. The maximum absolute atomic E-state index is 15.0. The number of benzene rings is 2. The molecule has 47 heavy (non-hydrogen) atoms. The van der Waals surface area contributed by atoms with Crippen LogP contribution in [0.3, 0.4) is 0 Å². The van der Waals surface area contributed by atoms with E-state index in [9.17, 15) is 21.4 Å². The van der Waals surface area contributed by atoms with Crippen molar-refractivity contribution in [2.45, 2.75) is 144 Å². The van der Waals surface area contributed by atoms with E-state index in [2.05, 4.69) is 12.1 Å². The van der Waals surface area contributed by atoms with Crippen LogP contribution in [0.15, 0.2) is 34.1 Å². The zero-order valence-electron chi connectivity index (χ0n) is 28.5. The smallest absolute Gasteiger partial charge is 0.339 e. The van der Waals surface area contributed by atoms with Crippen LogP contribution in [0.4, 0.5) is 0 Å². The average molecular weight is 681 g/mol. The first-order valence-electron chi connectivity index (χ1n) is 18.5. The Hall–Kier alpha value is -1.90. The Kier molecular flexibility index (Phi) is 7.96. The molecule has 0 aromatic heterocycles. The second-order valence-corrected chi connectivity index (χ2v) is 20.0. The van der Waals surface area contributed by atoms with E-state index in [-0.39, 0.29) is 34.3 Å². The van der Waals surface area contributed by atoms with Crippen molar-refractivity contribution in [3.05, 3.63) is 52.1 Å². The van der Waals surface area contributed by atoms with Crippen LogP contribution in [0.2, 0.25) is 0 Å². The topological polar surface area (TPSA) is 97.7 Å². The van der Waals surface area contributed by atoms with Gasteiger partial charge in [-0.15, -0.1) is 0 Å². The standard InChI is InChI=1S/C39H52O6S2/c1-21(2)31-19-30(20-32(22(3)4)38(31)46(40,41)42)45-47(43,44)39-36(34-15-24-6-9-27(34)12-24)17-29(33-14-23-5-8-26(33)11-23)18-37(39)35-16-25-7-10-28(35)13-25/h17-28,33-35H,5-16H2,1-4H3,(H,40,41,42). The normalized spacial score (nSPS) is 34.4. The lowest BCUT2D eigenvalue weighted by Gasteiger charge is -2.32. The minimum absolute atomic E-state index is 0.125. The van der Waals surface area contributed by atoms with Crippen molar-refractivity contribution in [2.24, 2.45) is 35.5 Å². The predicted molar refractivity (Wildman–Crippen MR) is 183 cm³/mol. The molecule has 6 saturated carbocycles. The van der Waals surface area contributed by atoms with Crippen LogP contribution in [-0.4, -0.2) is 21.4 Å². The van der Waals surface area contributed by atoms with E-state index >= 15 is 0 Å². The van der Waals surface area contributed by atoms with Crippen molar-refractivity contribution >= 4 is 20.2 Å². The lowest BCUT2D eigenvalue weighted by atomic mass is 9.75. The van der Waals surface area contributed by atoms with Gasteiger partial charge < -0.3 is 4.18 Å². The van der Waals surface area contributed by atoms with E-state index < -0.39 is 20.2 Å². The van der Waals surface area contributed by atoms with Gasteiger partial charge in [-0.25, -0.2) is 0 Å². The van der Waals surface area contributed by atoms with Crippen molar-refractivity contribution in [1.29, 1.82) is 0 Å². The first-order chi connectivity index (χ1) is 22.3. The van der Waals surface area contributed by atoms with Gasteiger partial charge in [0.05, 0.1) is 0 Å². The van der Waals surface area contributed by atoms with Gasteiger partial charge in [0.1, 0.15) is 15.5 Å². The highest BCUT2D eigenvalue weighted by molar-refractivity contribution is 7.87. The second kappa shape index (κ2) is 11.6. The minimum atomic E-state index is -4.53. The highest BCUT2D eigenvalue weighted by Gasteiger charge is 2.48. The molecule has 0 radical (unpaired) electrons. The lowest BCUT2D eigenvalue weighted by molar-refractivity contribution is 0.392. The molecule has 6 aliphatic carbocycles. The Morgan fingerprint density at radius 3 is 1.36 bits per heavy atom. The third-order valence-corrected chi connectivity index (χ3v) is 16.1. The van der Waals surface area contributed by atoms with Gasteiger partial charge in [0.15, 0.2) is 0 Å². The van der Waals surface area contributed by atoms with E-state index in [1.165, 1.54) is 81.9 Å². The highest BCUT2D eigenvalue weighted by Crippen LogP contribution is 2.60. The Bertz CT molecular complexity index is 1710. The fraction of sp³-hybridized carbons (Fsp3) is 0.692. The maximum atomic E-state index is 15.0. The first kappa shape index (κ1) is 32.3. The molecule has 0 aliphatic heterocycles. The molecule has 9 unspecified atom stereocenters. The molecular weight excluding hydrogens is 629 g/mol. The molecule has 2 aromatic rings. The number of rotatable bonds is 9. The van der Waals surface area contributed by atoms with Gasteiger partial charge in [0.2, 0.25) is 0 Å². The monoisotopic (exact) mass is 680 g/mol. The van der Waals surface area contributed by atoms with Crippen LogP contribution in [0.25, 0.3) is 0 Å². The van der Waals surface area contributed by atoms with Crippen molar-refractivity contribution in [2.75, 3.05) is 0 Å². The molecule has 0 heterocycles. The van der Waals surface area contributed by atoms with Crippen LogP contribution in [0, 0.1) is 35.5 Å². The molecule has 8 heteroatoms. The van der Waals surface area contributed by atoms with Gasteiger partial charge in [-0.2, -0.15) is 16.8 Å². The summed E-state index contributed by atoms with van der Waals surface area (Å²) in [4.78, 5) is 0.295. The quantitative estimate of drug-likeness (QED) is 0.209. The minimum Gasteiger partial charge on any atom is -0.379 e. The molecule has 6 nitrogen and oxygen atoms in total. The molecule has 9 atom stereocenters. The van der Waals surface area contributed by atoms with Crippen molar-refractivity contribution in [3.8, 4) is 5.75 Å². The van der Waals surface area contributed by atoms with Crippen LogP contribution in [-0.2, 0) is 20.2 Å². The molecule has 6 fully saturated rings. The summed E-state index contributed by atoms with van der Waals surface area (Å²) in [7, 11) is -8.81. The molecule has 1 N–H and O–H groups in total. The largest absolute Gasteiger partial charge is 0.379 e. The number of hydrogen-bond acceptors (Lipinski definition) is 5. The summed E-state index contributed by atoms with van der Waals surface area (Å²) in [6.07, 6.45) is 14.5. The summed E-state index contributed by atoms with van der Waals surface area (Å²) in [5.41, 5.74) is 4.15. The van der Waals surface area contributed by atoms with Crippen LogP contribution in [0.5, 0.6) is 5.75 Å². The van der Waals surface area contributed by atoms with E-state index in [0.29, 0.717) is 51.5 Å². The number of hydrogen-bond donors (Lipinski definition) is 1.